The average molecular weight is 267 g/mol. The lowest BCUT2D eigenvalue weighted by Gasteiger charge is -2.28. The van der Waals surface area contributed by atoms with Crippen LogP contribution in [0.5, 0.6) is 0 Å². The Morgan fingerprint density at radius 2 is 1.79 bits per heavy atom. The molecular formula is C15H19F2NO. The summed E-state index contributed by atoms with van der Waals surface area (Å²) in [4.78, 5) is 12.2. The molecule has 0 unspecified atom stereocenters. The fraction of sp³-hybridized carbons (Fsp3) is 0.533. The summed E-state index contributed by atoms with van der Waals surface area (Å²) in [7, 11) is 1.71. The fourth-order valence-corrected chi connectivity index (χ4v) is 2.87. The quantitative estimate of drug-likeness (QED) is 0.773. The fourth-order valence-electron chi connectivity index (χ4n) is 2.87. The first-order valence-electron chi connectivity index (χ1n) is 6.77. The van der Waals surface area contributed by atoms with Gasteiger partial charge in [-0.1, -0.05) is 19.3 Å². The Morgan fingerprint density at radius 3 is 2.32 bits per heavy atom. The first-order chi connectivity index (χ1) is 9.11. The van der Waals surface area contributed by atoms with Crippen LogP contribution in [0.25, 0.3) is 0 Å². The van der Waals surface area contributed by atoms with Gasteiger partial charge in [-0.15, -0.1) is 0 Å². The predicted molar refractivity (Wildman–Crippen MR) is 71.6 cm³/mol. The smallest absolute Gasteiger partial charge is 0.150 e. The number of carbonyl (C=O) groups excluding carboxylic acids is 1. The largest absolute Gasteiger partial charge is 0.370 e. The Labute approximate surface area is 112 Å². The average Bonchev–Trinajstić information content (AvgIpc) is 2.38. The lowest BCUT2D eigenvalue weighted by molar-refractivity contribution is 0.112. The Bertz CT molecular complexity index is 432. The van der Waals surface area contributed by atoms with Gasteiger partial charge in [0, 0.05) is 19.2 Å². The summed E-state index contributed by atoms with van der Waals surface area (Å²) in [5.74, 6) is -0.830. The van der Waals surface area contributed by atoms with Crippen molar-refractivity contribution in [2.24, 2.45) is 5.92 Å². The molecule has 0 atom stereocenters. The first kappa shape index (κ1) is 14.0. The maximum Gasteiger partial charge on any atom is 0.150 e. The number of carbonyl (C=O) groups is 1. The van der Waals surface area contributed by atoms with E-state index < -0.39 is 11.6 Å². The van der Waals surface area contributed by atoms with Crippen LogP contribution in [0.2, 0.25) is 0 Å². The zero-order valence-corrected chi connectivity index (χ0v) is 11.2. The van der Waals surface area contributed by atoms with Crippen LogP contribution in [0.4, 0.5) is 14.5 Å². The van der Waals surface area contributed by atoms with Gasteiger partial charge in [-0.25, -0.2) is 8.78 Å². The molecule has 0 radical (unpaired) electrons. The molecule has 0 spiro atoms. The summed E-state index contributed by atoms with van der Waals surface area (Å²) >= 11 is 0. The highest BCUT2D eigenvalue weighted by Gasteiger charge is 2.20. The molecule has 1 aliphatic rings. The zero-order valence-electron chi connectivity index (χ0n) is 11.2. The summed E-state index contributed by atoms with van der Waals surface area (Å²) in [6, 6.07) is 2.17. The number of halogens is 2. The normalized spacial score (nSPS) is 16.4. The van der Waals surface area contributed by atoms with Crippen LogP contribution in [-0.4, -0.2) is 19.9 Å². The molecule has 0 N–H and O–H groups in total. The summed E-state index contributed by atoms with van der Waals surface area (Å²) in [6.45, 7) is 0.661. The van der Waals surface area contributed by atoms with Crippen molar-refractivity contribution in [3.05, 3.63) is 29.3 Å². The summed E-state index contributed by atoms with van der Waals surface area (Å²) in [6.07, 6.45) is 6.37. The highest BCUT2D eigenvalue weighted by atomic mass is 19.1. The maximum absolute atomic E-state index is 13.9. The van der Waals surface area contributed by atoms with Gasteiger partial charge >= 0.3 is 0 Å². The minimum Gasteiger partial charge on any atom is -0.370 e. The molecule has 0 heterocycles. The van der Waals surface area contributed by atoms with Crippen LogP contribution in [-0.2, 0) is 0 Å². The Morgan fingerprint density at radius 1 is 1.21 bits per heavy atom. The molecule has 0 aliphatic heterocycles. The van der Waals surface area contributed by atoms with Crippen LogP contribution >= 0.6 is 0 Å². The number of benzene rings is 1. The monoisotopic (exact) mass is 267 g/mol. The van der Waals surface area contributed by atoms with Crippen LogP contribution < -0.4 is 4.90 Å². The second-order valence-electron chi connectivity index (χ2n) is 5.34. The summed E-state index contributed by atoms with van der Waals surface area (Å²) < 4.78 is 27.7. The second-order valence-corrected chi connectivity index (χ2v) is 5.34. The molecule has 0 bridgehead atoms. The summed E-state index contributed by atoms with van der Waals surface area (Å²) in [5, 5.41) is 0. The molecule has 0 aromatic heterocycles. The molecule has 19 heavy (non-hydrogen) atoms. The van der Waals surface area contributed by atoms with Crippen molar-refractivity contribution in [2.45, 2.75) is 32.1 Å². The minimum atomic E-state index is -0.666. The highest BCUT2D eigenvalue weighted by molar-refractivity contribution is 5.76. The first-order valence-corrected chi connectivity index (χ1v) is 6.77. The third-order valence-corrected chi connectivity index (χ3v) is 3.81. The molecule has 1 saturated carbocycles. The van der Waals surface area contributed by atoms with E-state index in [1.165, 1.54) is 19.3 Å². The van der Waals surface area contributed by atoms with Gasteiger partial charge in [0.15, 0.2) is 0 Å². The van der Waals surface area contributed by atoms with Crippen molar-refractivity contribution in [3.8, 4) is 0 Å². The van der Waals surface area contributed by atoms with E-state index in [1.54, 1.807) is 11.9 Å². The number of anilines is 1. The highest BCUT2D eigenvalue weighted by Crippen LogP contribution is 2.28. The molecule has 1 aromatic rings. The lowest BCUT2D eigenvalue weighted by Crippen LogP contribution is -2.28. The number of rotatable bonds is 4. The standard InChI is InChI=1S/C15H19F2NO/c1-18(9-11-5-3-2-4-6-11)15-13(16)7-12(10-19)8-14(15)17/h7-8,10-11H,2-6,9H2,1H3. The minimum absolute atomic E-state index is 0.0313. The number of aldehydes is 1. The Kier molecular flexibility index (Phi) is 4.51. The van der Waals surface area contributed by atoms with Crippen molar-refractivity contribution < 1.29 is 13.6 Å². The van der Waals surface area contributed by atoms with Crippen LogP contribution in [0.1, 0.15) is 42.5 Å². The molecule has 0 amide bonds. The molecular weight excluding hydrogens is 248 g/mol. The SMILES string of the molecule is CN(CC1CCCCC1)c1c(F)cc(C=O)cc1F. The Hall–Kier alpha value is -1.45. The summed E-state index contributed by atoms with van der Waals surface area (Å²) in [5.41, 5.74) is 0.000917. The van der Waals surface area contributed by atoms with E-state index in [2.05, 4.69) is 0 Å². The van der Waals surface area contributed by atoms with E-state index in [0.717, 1.165) is 25.0 Å². The molecule has 104 valence electrons. The van der Waals surface area contributed by atoms with Crippen molar-refractivity contribution in [1.82, 2.24) is 0 Å². The van der Waals surface area contributed by atoms with Gasteiger partial charge in [-0.2, -0.15) is 0 Å². The predicted octanol–water partition coefficient (Wildman–Crippen LogP) is 3.79. The van der Waals surface area contributed by atoms with Crippen LogP contribution in [0, 0.1) is 17.6 Å². The third kappa shape index (κ3) is 3.31. The van der Waals surface area contributed by atoms with E-state index >= 15 is 0 Å². The molecule has 4 heteroatoms. The molecule has 2 nitrogen and oxygen atoms in total. The number of hydrogen-bond acceptors (Lipinski definition) is 2. The van der Waals surface area contributed by atoms with Gasteiger partial charge in [0.2, 0.25) is 0 Å². The van der Waals surface area contributed by atoms with Crippen molar-refractivity contribution >= 4 is 12.0 Å². The topological polar surface area (TPSA) is 20.3 Å². The van der Waals surface area contributed by atoms with E-state index in [1.807, 2.05) is 0 Å². The van der Waals surface area contributed by atoms with Crippen LogP contribution in [0.3, 0.4) is 0 Å². The zero-order chi connectivity index (χ0) is 13.8. The molecule has 1 aromatic carbocycles. The van der Waals surface area contributed by atoms with Gasteiger partial charge in [0.05, 0.1) is 0 Å². The molecule has 0 saturated heterocycles. The van der Waals surface area contributed by atoms with E-state index in [4.69, 9.17) is 0 Å². The molecule has 1 fully saturated rings. The van der Waals surface area contributed by atoms with Crippen molar-refractivity contribution in [1.29, 1.82) is 0 Å². The van der Waals surface area contributed by atoms with Gasteiger partial charge in [0.1, 0.15) is 23.6 Å². The van der Waals surface area contributed by atoms with Gasteiger partial charge in [-0.05, 0) is 30.9 Å². The number of nitrogens with zero attached hydrogens (tertiary/aromatic N) is 1. The Balaban J connectivity index is 2.13. The molecule has 2 rings (SSSR count). The maximum atomic E-state index is 13.9. The van der Waals surface area contributed by atoms with Gasteiger partial charge < -0.3 is 4.90 Å². The van der Waals surface area contributed by atoms with E-state index in [0.29, 0.717) is 18.7 Å². The van der Waals surface area contributed by atoms with Gasteiger partial charge in [0.25, 0.3) is 0 Å². The van der Waals surface area contributed by atoms with Crippen molar-refractivity contribution in [3.63, 3.8) is 0 Å². The second kappa shape index (κ2) is 6.13. The lowest BCUT2D eigenvalue weighted by atomic mass is 9.89. The third-order valence-electron chi connectivity index (χ3n) is 3.81. The number of hydrogen-bond donors (Lipinski definition) is 0. The van der Waals surface area contributed by atoms with E-state index in [-0.39, 0.29) is 11.3 Å². The van der Waals surface area contributed by atoms with Gasteiger partial charge in [-0.3, -0.25) is 4.79 Å². The molecule has 1 aliphatic carbocycles. The van der Waals surface area contributed by atoms with Crippen molar-refractivity contribution in [2.75, 3.05) is 18.5 Å². The van der Waals surface area contributed by atoms with E-state index in [9.17, 15) is 13.6 Å². The van der Waals surface area contributed by atoms with Crippen LogP contribution in [0.15, 0.2) is 12.1 Å².